The van der Waals surface area contributed by atoms with E-state index in [0.717, 1.165) is 0 Å². The van der Waals surface area contributed by atoms with Crippen LogP contribution in [0, 0.1) is 0 Å². The van der Waals surface area contributed by atoms with E-state index < -0.39 is 19.1 Å². The molecule has 0 spiro atoms. The molecule has 2 fully saturated rings. The molecule has 3 aliphatic rings. The molecule has 2 aromatic rings. The molecule has 5 rings (SSSR count). The zero-order valence-corrected chi connectivity index (χ0v) is 18.5. The number of carbonyl (C=O) groups is 3. The van der Waals surface area contributed by atoms with E-state index in [1.807, 2.05) is 0 Å². The number of nitrogens with zero attached hydrogens (tertiary/aromatic N) is 2. The summed E-state index contributed by atoms with van der Waals surface area (Å²) in [7, 11) is 0. The average Bonchev–Trinajstić information content (AvgIpc) is 3.21. The first kappa shape index (κ1) is 17.8. The second-order valence-corrected chi connectivity index (χ2v) is 8.36. The van der Waals surface area contributed by atoms with Gasteiger partial charge in [0.25, 0.3) is 5.91 Å². The molecule has 3 aliphatic heterocycles. The smallest absolute Gasteiger partial charge is 0.255 e. The zero-order valence-electron chi connectivity index (χ0n) is 22.5. The van der Waals surface area contributed by atoms with E-state index >= 15 is 0 Å². The van der Waals surface area contributed by atoms with Crippen LogP contribution in [0.4, 0.5) is 0 Å². The molecule has 3 atom stereocenters. The number of ether oxygens (including phenoxy) is 2. The molecule has 0 saturated carbocycles. The van der Waals surface area contributed by atoms with E-state index in [9.17, 15) is 14.4 Å². The van der Waals surface area contributed by atoms with Gasteiger partial charge in [0.05, 0.1) is 18.6 Å². The lowest BCUT2D eigenvalue weighted by atomic mass is 10.0. The lowest BCUT2D eigenvalue weighted by Gasteiger charge is -2.31. The van der Waals surface area contributed by atoms with Gasteiger partial charge in [0, 0.05) is 29.9 Å². The maximum absolute atomic E-state index is 13.1. The summed E-state index contributed by atoms with van der Waals surface area (Å²) in [6, 6.07) is 6.75. The molecular weight excluding hydrogens is 434 g/mol. The molecular formula is C26H27N3O5. The third kappa shape index (κ3) is 4.41. The summed E-state index contributed by atoms with van der Waals surface area (Å²) < 4.78 is 44.9. The van der Waals surface area contributed by atoms with E-state index in [0.29, 0.717) is 35.4 Å². The van der Waals surface area contributed by atoms with Crippen molar-refractivity contribution >= 4 is 17.7 Å². The second-order valence-electron chi connectivity index (χ2n) is 8.36. The van der Waals surface area contributed by atoms with Crippen LogP contribution in [0.5, 0.6) is 5.75 Å². The molecule has 0 aliphatic carbocycles. The van der Waals surface area contributed by atoms with Crippen molar-refractivity contribution in [2.45, 2.75) is 38.5 Å². The van der Waals surface area contributed by atoms with Gasteiger partial charge in [-0.2, -0.15) is 0 Å². The number of fused-ring (bicyclic) bond motifs is 1. The maximum Gasteiger partial charge on any atom is 0.255 e. The molecule has 1 N–H and O–H groups in total. The van der Waals surface area contributed by atoms with Crippen LogP contribution in [0.25, 0.3) is 0 Å². The molecule has 0 radical (unpaired) electrons. The van der Waals surface area contributed by atoms with Crippen molar-refractivity contribution in [3.05, 3.63) is 76.9 Å². The van der Waals surface area contributed by atoms with Gasteiger partial charge in [-0.05, 0) is 36.1 Å². The van der Waals surface area contributed by atoms with Crippen molar-refractivity contribution in [3.8, 4) is 5.75 Å². The number of piperidine rings is 1. The highest BCUT2D eigenvalue weighted by molar-refractivity contribution is 6.02. The topological polar surface area (TPSA) is 88.2 Å². The SMILES string of the molecule is [2H]c1cc(C([2H])Oc2cccc3c2CN(C2CCC(=C)NC2=O)C3=O)cc([2H])c1C([2H])N1CCOCC1=O. The Kier molecular flexibility index (Phi) is 4.86. The van der Waals surface area contributed by atoms with Gasteiger partial charge in [0.15, 0.2) is 0 Å². The average molecular weight is 466 g/mol. The number of amides is 3. The predicted octanol–water partition coefficient (Wildman–Crippen LogP) is 2.37. The van der Waals surface area contributed by atoms with Crippen molar-refractivity contribution in [1.82, 2.24) is 15.1 Å². The number of nitrogens with one attached hydrogen (secondary N) is 1. The van der Waals surface area contributed by atoms with Gasteiger partial charge < -0.3 is 24.6 Å². The number of morpholine rings is 1. The molecule has 2 aromatic carbocycles. The van der Waals surface area contributed by atoms with Gasteiger partial charge in [0.1, 0.15) is 25.0 Å². The lowest BCUT2D eigenvalue weighted by Crippen LogP contribution is -2.49. The van der Waals surface area contributed by atoms with Gasteiger partial charge in [-0.1, -0.05) is 36.9 Å². The third-order valence-corrected chi connectivity index (χ3v) is 6.07. The highest BCUT2D eigenvalue weighted by Gasteiger charge is 2.39. The highest BCUT2D eigenvalue weighted by atomic mass is 16.5. The number of rotatable bonds is 6. The Bertz CT molecular complexity index is 1310. The lowest BCUT2D eigenvalue weighted by molar-refractivity contribution is -0.143. The number of hydrogen-bond acceptors (Lipinski definition) is 5. The van der Waals surface area contributed by atoms with E-state index in [-0.39, 0.29) is 67.2 Å². The number of benzene rings is 2. The standard InChI is InChI=1S/C26H27N3O5/c1-17-5-10-22(25(31)27-17)29-14-21-20(26(29)32)3-2-4-23(21)34-15-19-8-6-18(7-9-19)13-28-11-12-33-16-24(28)30/h2-4,6-9,22H,1,5,10-16H2,(H,27,31)/i6D,7D,13D,15D. The largest absolute Gasteiger partial charge is 0.489 e. The predicted molar refractivity (Wildman–Crippen MR) is 124 cm³/mol. The number of allylic oxidation sites excluding steroid dienone is 1. The molecule has 0 aromatic heterocycles. The van der Waals surface area contributed by atoms with Gasteiger partial charge in [-0.15, -0.1) is 0 Å². The zero-order chi connectivity index (χ0) is 27.1. The Labute approximate surface area is 203 Å². The van der Waals surface area contributed by atoms with E-state index in [1.165, 1.54) is 21.9 Å². The fourth-order valence-corrected chi connectivity index (χ4v) is 4.25. The Balaban J connectivity index is 1.35. The molecule has 34 heavy (non-hydrogen) atoms. The minimum absolute atomic E-state index is 0.0616. The van der Waals surface area contributed by atoms with Gasteiger partial charge in [0.2, 0.25) is 11.8 Å². The van der Waals surface area contributed by atoms with Crippen molar-refractivity contribution < 1.29 is 29.3 Å². The Morgan fingerprint density at radius 1 is 1.21 bits per heavy atom. The van der Waals surface area contributed by atoms with Crippen LogP contribution in [-0.4, -0.2) is 53.3 Å². The summed E-state index contributed by atoms with van der Waals surface area (Å²) in [5.41, 5.74) is 1.88. The fourth-order valence-electron chi connectivity index (χ4n) is 4.25. The molecule has 8 heteroatoms. The van der Waals surface area contributed by atoms with Gasteiger partial charge >= 0.3 is 0 Å². The summed E-state index contributed by atoms with van der Waals surface area (Å²) in [5, 5.41) is 2.70. The minimum Gasteiger partial charge on any atom is -0.489 e. The van der Waals surface area contributed by atoms with Gasteiger partial charge in [-0.3, -0.25) is 14.4 Å². The van der Waals surface area contributed by atoms with Crippen LogP contribution < -0.4 is 10.1 Å². The van der Waals surface area contributed by atoms with Crippen LogP contribution in [0.3, 0.4) is 0 Å². The van der Waals surface area contributed by atoms with Crippen molar-refractivity contribution in [2.75, 3.05) is 19.8 Å². The van der Waals surface area contributed by atoms with E-state index in [2.05, 4.69) is 11.9 Å². The summed E-state index contributed by atoms with van der Waals surface area (Å²) in [4.78, 5) is 40.5. The van der Waals surface area contributed by atoms with E-state index in [1.54, 1.807) is 18.2 Å². The van der Waals surface area contributed by atoms with Crippen molar-refractivity contribution in [3.63, 3.8) is 0 Å². The Morgan fingerprint density at radius 2 is 2.03 bits per heavy atom. The minimum atomic E-state index is -1.32. The monoisotopic (exact) mass is 465 g/mol. The summed E-state index contributed by atoms with van der Waals surface area (Å²) in [6.07, 6.45) is 1.05. The first-order valence-corrected chi connectivity index (χ1v) is 11.1. The Hall–Kier alpha value is -3.65. The van der Waals surface area contributed by atoms with Crippen LogP contribution in [0.2, 0.25) is 0 Å². The molecule has 3 amide bonds. The fraction of sp³-hybridized carbons (Fsp3) is 0.346. The Morgan fingerprint density at radius 3 is 2.79 bits per heavy atom. The summed E-state index contributed by atoms with van der Waals surface area (Å²) in [6.45, 7) is 1.73. The molecule has 3 heterocycles. The first-order chi connectivity index (χ1) is 18.2. The van der Waals surface area contributed by atoms with Crippen molar-refractivity contribution in [1.29, 1.82) is 0 Å². The van der Waals surface area contributed by atoms with Crippen LogP contribution >= 0.6 is 0 Å². The quantitative estimate of drug-likeness (QED) is 0.708. The first-order valence-electron chi connectivity index (χ1n) is 13.2. The van der Waals surface area contributed by atoms with Crippen molar-refractivity contribution in [2.24, 2.45) is 0 Å². The van der Waals surface area contributed by atoms with Crippen LogP contribution in [0.1, 0.15) is 45.4 Å². The second kappa shape index (κ2) is 9.30. The molecule has 2 saturated heterocycles. The van der Waals surface area contributed by atoms with E-state index in [4.69, 9.17) is 15.0 Å². The van der Waals surface area contributed by atoms with Crippen LogP contribution in [0.15, 0.2) is 54.7 Å². The molecule has 0 bridgehead atoms. The van der Waals surface area contributed by atoms with Crippen LogP contribution in [-0.2, 0) is 34.0 Å². The maximum atomic E-state index is 13.1. The molecule has 176 valence electrons. The summed E-state index contributed by atoms with van der Waals surface area (Å²) in [5.74, 6) is -0.637. The van der Waals surface area contributed by atoms with Gasteiger partial charge in [-0.25, -0.2) is 0 Å². The highest BCUT2D eigenvalue weighted by Crippen LogP contribution is 2.34. The number of hydrogen-bond donors (Lipinski definition) is 1. The molecule has 8 nitrogen and oxygen atoms in total. The normalized spacial score (nSPS) is 23.9. The third-order valence-electron chi connectivity index (χ3n) is 6.07. The number of carbonyl (C=O) groups excluding carboxylic acids is 3. The summed E-state index contributed by atoms with van der Waals surface area (Å²) >= 11 is 0. The molecule has 3 unspecified atom stereocenters.